The molecular formula is C16H24N4O3. The van der Waals surface area contributed by atoms with Crippen molar-refractivity contribution in [1.82, 2.24) is 9.97 Å². The van der Waals surface area contributed by atoms with Gasteiger partial charge in [0, 0.05) is 18.7 Å². The van der Waals surface area contributed by atoms with Gasteiger partial charge in [0.05, 0.1) is 18.6 Å². The van der Waals surface area contributed by atoms with Crippen LogP contribution >= 0.6 is 0 Å². The summed E-state index contributed by atoms with van der Waals surface area (Å²) in [5, 5.41) is 21.9. The lowest BCUT2D eigenvalue weighted by atomic mass is 9.86. The van der Waals surface area contributed by atoms with Crippen molar-refractivity contribution in [3.05, 3.63) is 12.4 Å². The molecule has 1 saturated carbocycles. The Morgan fingerprint density at radius 2 is 2.04 bits per heavy atom. The van der Waals surface area contributed by atoms with Gasteiger partial charge in [0.1, 0.15) is 18.0 Å². The predicted molar refractivity (Wildman–Crippen MR) is 86.5 cm³/mol. The second-order valence-electron chi connectivity index (χ2n) is 6.46. The van der Waals surface area contributed by atoms with E-state index in [9.17, 15) is 9.90 Å². The summed E-state index contributed by atoms with van der Waals surface area (Å²) >= 11 is 0. The van der Waals surface area contributed by atoms with E-state index >= 15 is 0 Å². The fourth-order valence-electron chi connectivity index (χ4n) is 3.60. The van der Waals surface area contributed by atoms with Crippen LogP contribution in [0.5, 0.6) is 0 Å². The van der Waals surface area contributed by atoms with Gasteiger partial charge >= 0.3 is 5.97 Å². The minimum Gasteiger partial charge on any atom is -0.481 e. The number of rotatable bonds is 5. The highest BCUT2D eigenvalue weighted by Crippen LogP contribution is 2.28. The molecule has 1 aromatic rings. The Morgan fingerprint density at radius 3 is 2.74 bits per heavy atom. The lowest BCUT2D eigenvalue weighted by Crippen LogP contribution is -2.33. The van der Waals surface area contributed by atoms with Crippen LogP contribution < -0.4 is 10.2 Å². The highest BCUT2D eigenvalue weighted by molar-refractivity contribution is 5.70. The minimum absolute atomic E-state index is 0.142. The summed E-state index contributed by atoms with van der Waals surface area (Å²) in [5.41, 5.74) is 0. The van der Waals surface area contributed by atoms with E-state index in [0.717, 1.165) is 43.9 Å². The highest BCUT2D eigenvalue weighted by atomic mass is 16.4. The molecule has 1 atom stereocenters. The summed E-state index contributed by atoms with van der Waals surface area (Å²) in [6.45, 7) is 1.05. The van der Waals surface area contributed by atoms with Crippen molar-refractivity contribution in [2.75, 3.05) is 23.4 Å². The van der Waals surface area contributed by atoms with E-state index in [2.05, 4.69) is 20.2 Å². The van der Waals surface area contributed by atoms with Crippen LogP contribution in [0.15, 0.2) is 12.4 Å². The Morgan fingerprint density at radius 1 is 1.26 bits per heavy atom. The number of aromatic nitrogens is 2. The molecule has 1 aliphatic heterocycles. The van der Waals surface area contributed by atoms with Crippen LogP contribution in [-0.4, -0.2) is 51.4 Å². The first-order valence-electron chi connectivity index (χ1n) is 8.36. The summed E-state index contributed by atoms with van der Waals surface area (Å²) < 4.78 is 0. The minimum atomic E-state index is -0.683. The van der Waals surface area contributed by atoms with E-state index in [4.69, 9.17) is 5.11 Å². The smallest absolute Gasteiger partial charge is 0.306 e. The zero-order valence-electron chi connectivity index (χ0n) is 13.2. The molecule has 7 heteroatoms. The Labute approximate surface area is 135 Å². The second-order valence-corrected chi connectivity index (χ2v) is 6.46. The number of hydrogen-bond donors (Lipinski definition) is 3. The predicted octanol–water partition coefficient (Wildman–Crippen LogP) is 1.49. The molecule has 2 heterocycles. The monoisotopic (exact) mass is 320 g/mol. The Hall–Kier alpha value is -1.89. The first-order chi connectivity index (χ1) is 11.2. The second kappa shape index (κ2) is 7.12. The lowest BCUT2D eigenvalue weighted by Gasteiger charge is -2.28. The number of aliphatic hydroxyl groups is 1. The van der Waals surface area contributed by atoms with Crippen molar-refractivity contribution in [1.29, 1.82) is 0 Å². The number of carboxylic acid groups (broad SMARTS) is 1. The van der Waals surface area contributed by atoms with Gasteiger partial charge < -0.3 is 20.4 Å². The lowest BCUT2D eigenvalue weighted by molar-refractivity contribution is -0.142. The standard InChI is InChI=1S/C16H24N4O3/c21-9-13-2-1-7-20(13)15-8-14(17-10-18-15)19-12-5-3-11(4-6-12)16(22)23/h8,10-13,21H,1-7,9H2,(H,22,23)(H,17,18,19). The molecule has 23 heavy (non-hydrogen) atoms. The van der Waals surface area contributed by atoms with Gasteiger partial charge in [0.25, 0.3) is 0 Å². The zero-order chi connectivity index (χ0) is 16.2. The number of aliphatic hydroxyl groups excluding tert-OH is 1. The average molecular weight is 320 g/mol. The summed E-state index contributed by atoms with van der Waals surface area (Å²) in [5.74, 6) is 0.733. The molecular weight excluding hydrogens is 296 g/mol. The molecule has 0 bridgehead atoms. The fraction of sp³-hybridized carbons (Fsp3) is 0.688. The number of hydrogen-bond acceptors (Lipinski definition) is 6. The molecule has 1 unspecified atom stereocenters. The normalized spacial score (nSPS) is 27.9. The fourth-order valence-corrected chi connectivity index (χ4v) is 3.60. The molecule has 0 spiro atoms. The van der Waals surface area contributed by atoms with Crippen LogP contribution in [0.1, 0.15) is 38.5 Å². The third-order valence-corrected chi connectivity index (χ3v) is 4.96. The van der Waals surface area contributed by atoms with Gasteiger partial charge in [-0.3, -0.25) is 4.79 Å². The molecule has 3 N–H and O–H groups in total. The first kappa shape index (κ1) is 16.0. The van der Waals surface area contributed by atoms with Gasteiger partial charge in [-0.2, -0.15) is 0 Å². The van der Waals surface area contributed by atoms with Crippen LogP contribution in [0.4, 0.5) is 11.6 Å². The molecule has 0 amide bonds. The molecule has 7 nitrogen and oxygen atoms in total. The number of nitrogens with one attached hydrogen (secondary N) is 1. The third-order valence-electron chi connectivity index (χ3n) is 4.96. The Kier molecular flexibility index (Phi) is 4.95. The van der Waals surface area contributed by atoms with Gasteiger partial charge in [-0.25, -0.2) is 9.97 Å². The van der Waals surface area contributed by atoms with Gasteiger partial charge in [-0.1, -0.05) is 0 Å². The van der Waals surface area contributed by atoms with Gasteiger partial charge in [0.2, 0.25) is 0 Å². The maximum Gasteiger partial charge on any atom is 0.306 e. The molecule has 3 rings (SSSR count). The maximum atomic E-state index is 11.0. The Balaban J connectivity index is 1.61. The van der Waals surface area contributed by atoms with E-state index in [1.54, 1.807) is 6.33 Å². The number of carboxylic acids is 1. The van der Waals surface area contributed by atoms with Crippen LogP contribution in [0.25, 0.3) is 0 Å². The maximum absolute atomic E-state index is 11.0. The molecule has 2 aliphatic rings. The van der Waals surface area contributed by atoms with E-state index in [1.807, 2.05) is 6.07 Å². The van der Waals surface area contributed by atoms with Crippen molar-refractivity contribution in [3.63, 3.8) is 0 Å². The van der Waals surface area contributed by atoms with Crippen molar-refractivity contribution in [3.8, 4) is 0 Å². The summed E-state index contributed by atoms with van der Waals surface area (Å²) in [6.07, 6.45) is 6.72. The molecule has 1 aliphatic carbocycles. The largest absolute Gasteiger partial charge is 0.481 e. The summed E-state index contributed by atoms with van der Waals surface area (Å²) in [4.78, 5) is 21.8. The van der Waals surface area contributed by atoms with Gasteiger partial charge in [-0.05, 0) is 38.5 Å². The number of anilines is 2. The third kappa shape index (κ3) is 3.72. The van der Waals surface area contributed by atoms with Gasteiger partial charge in [-0.15, -0.1) is 0 Å². The van der Waals surface area contributed by atoms with E-state index in [-0.39, 0.29) is 24.6 Å². The van der Waals surface area contributed by atoms with Gasteiger partial charge in [0.15, 0.2) is 0 Å². The molecule has 126 valence electrons. The molecule has 0 radical (unpaired) electrons. The number of carbonyl (C=O) groups is 1. The van der Waals surface area contributed by atoms with E-state index in [0.29, 0.717) is 12.8 Å². The number of aliphatic carboxylic acids is 1. The van der Waals surface area contributed by atoms with Crippen LogP contribution in [0.3, 0.4) is 0 Å². The van der Waals surface area contributed by atoms with E-state index < -0.39 is 5.97 Å². The molecule has 2 fully saturated rings. The van der Waals surface area contributed by atoms with Crippen molar-refractivity contribution in [2.24, 2.45) is 5.92 Å². The quantitative estimate of drug-likeness (QED) is 0.756. The van der Waals surface area contributed by atoms with Crippen molar-refractivity contribution < 1.29 is 15.0 Å². The number of nitrogens with zero attached hydrogens (tertiary/aromatic N) is 3. The molecule has 0 aromatic carbocycles. The molecule has 1 aromatic heterocycles. The summed E-state index contributed by atoms with van der Waals surface area (Å²) in [7, 11) is 0. The van der Waals surface area contributed by atoms with Crippen molar-refractivity contribution >= 4 is 17.6 Å². The molecule has 1 saturated heterocycles. The van der Waals surface area contributed by atoms with Crippen LogP contribution in [0, 0.1) is 5.92 Å². The first-order valence-corrected chi connectivity index (χ1v) is 8.36. The van der Waals surface area contributed by atoms with Crippen LogP contribution in [-0.2, 0) is 4.79 Å². The average Bonchev–Trinajstić information content (AvgIpc) is 3.04. The Bertz CT molecular complexity index is 546. The summed E-state index contributed by atoms with van der Waals surface area (Å²) in [6, 6.07) is 2.33. The van der Waals surface area contributed by atoms with Crippen LogP contribution in [0.2, 0.25) is 0 Å². The van der Waals surface area contributed by atoms with Crippen molar-refractivity contribution in [2.45, 2.75) is 50.6 Å². The van der Waals surface area contributed by atoms with E-state index in [1.165, 1.54) is 0 Å². The highest BCUT2D eigenvalue weighted by Gasteiger charge is 2.27. The zero-order valence-corrected chi connectivity index (χ0v) is 13.2. The topological polar surface area (TPSA) is 98.6 Å². The SMILES string of the molecule is O=C(O)C1CCC(Nc2cc(N3CCCC3CO)ncn2)CC1.